The lowest BCUT2D eigenvalue weighted by atomic mass is 9.58. The van der Waals surface area contributed by atoms with Crippen LogP contribution in [-0.4, -0.2) is 28.1 Å². The standard InChI is InChI=1S/C28H27BrN2O/c29-22-9-10-26-25(15-22)24-14-21-18-31(17-19-5-2-1-3-6-19)12-11-28(21,16-27(24)30-26)20-7-4-8-23(32)13-20/h1-10,13,15,21,30,32H,11-12,14,16-18H2/t21?,28-/m0/s1. The minimum absolute atomic E-state index is 0.0526. The molecule has 1 saturated heterocycles. The third-order valence-corrected chi connectivity index (χ3v) is 8.20. The lowest BCUT2D eigenvalue weighted by Gasteiger charge is -2.51. The van der Waals surface area contributed by atoms with Crippen LogP contribution in [0.4, 0.5) is 0 Å². The number of phenols is 1. The largest absolute Gasteiger partial charge is 0.508 e. The number of aromatic hydroxyl groups is 1. The number of aromatic nitrogens is 1. The van der Waals surface area contributed by atoms with Crippen LogP contribution < -0.4 is 0 Å². The van der Waals surface area contributed by atoms with Gasteiger partial charge in [0.25, 0.3) is 0 Å². The van der Waals surface area contributed by atoms with Gasteiger partial charge in [-0.3, -0.25) is 4.90 Å². The number of aromatic amines is 1. The zero-order valence-electron chi connectivity index (χ0n) is 18.0. The second-order valence-electron chi connectivity index (χ2n) is 9.53. The quantitative estimate of drug-likeness (QED) is 0.362. The van der Waals surface area contributed by atoms with E-state index in [4.69, 9.17) is 0 Å². The van der Waals surface area contributed by atoms with Crippen LogP contribution in [-0.2, 0) is 24.8 Å². The molecule has 4 heteroatoms. The average molecular weight is 487 g/mol. The Morgan fingerprint density at radius 2 is 1.91 bits per heavy atom. The Kier molecular flexibility index (Phi) is 4.89. The molecule has 2 N–H and O–H groups in total. The van der Waals surface area contributed by atoms with Crippen LogP contribution in [0.25, 0.3) is 10.9 Å². The number of piperidine rings is 1. The van der Waals surface area contributed by atoms with E-state index in [1.54, 1.807) is 6.07 Å². The van der Waals surface area contributed by atoms with Crippen LogP contribution >= 0.6 is 15.9 Å². The second kappa shape index (κ2) is 7.79. The first-order chi connectivity index (χ1) is 15.6. The summed E-state index contributed by atoms with van der Waals surface area (Å²) in [4.78, 5) is 6.36. The van der Waals surface area contributed by atoms with Gasteiger partial charge in [-0.1, -0.05) is 58.4 Å². The third kappa shape index (κ3) is 3.37. The summed E-state index contributed by atoms with van der Waals surface area (Å²) in [6.07, 6.45) is 3.17. The summed E-state index contributed by atoms with van der Waals surface area (Å²) in [7, 11) is 0. The molecule has 1 fully saturated rings. The number of likely N-dealkylation sites (tertiary alicyclic amines) is 1. The summed E-state index contributed by atoms with van der Waals surface area (Å²) >= 11 is 3.67. The topological polar surface area (TPSA) is 39.3 Å². The molecule has 1 aromatic heterocycles. The number of hydrogen-bond donors (Lipinski definition) is 2. The summed E-state index contributed by atoms with van der Waals surface area (Å²) < 4.78 is 1.13. The van der Waals surface area contributed by atoms with Gasteiger partial charge < -0.3 is 10.1 Å². The molecule has 162 valence electrons. The van der Waals surface area contributed by atoms with E-state index in [1.807, 2.05) is 12.1 Å². The Morgan fingerprint density at radius 3 is 2.75 bits per heavy atom. The van der Waals surface area contributed by atoms with E-state index in [0.717, 1.165) is 43.4 Å². The van der Waals surface area contributed by atoms with Crippen molar-refractivity contribution in [3.8, 4) is 5.75 Å². The van der Waals surface area contributed by atoms with Crippen molar-refractivity contribution in [2.45, 2.75) is 31.2 Å². The molecule has 0 saturated carbocycles. The Hall–Kier alpha value is -2.56. The van der Waals surface area contributed by atoms with E-state index in [1.165, 1.54) is 33.3 Å². The molecule has 32 heavy (non-hydrogen) atoms. The van der Waals surface area contributed by atoms with E-state index < -0.39 is 0 Å². The maximum atomic E-state index is 10.3. The first kappa shape index (κ1) is 20.1. The lowest BCUT2D eigenvalue weighted by molar-refractivity contribution is 0.0765. The number of hydrogen-bond acceptors (Lipinski definition) is 2. The lowest BCUT2D eigenvalue weighted by Crippen LogP contribution is -2.53. The molecule has 2 aliphatic rings. The molecule has 4 aromatic rings. The van der Waals surface area contributed by atoms with Crippen molar-refractivity contribution >= 4 is 26.8 Å². The highest BCUT2D eigenvalue weighted by Crippen LogP contribution is 2.49. The zero-order chi connectivity index (χ0) is 21.7. The number of fused-ring (bicyclic) bond motifs is 4. The van der Waals surface area contributed by atoms with Crippen molar-refractivity contribution in [3.63, 3.8) is 0 Å². The maximum absolute atomic E-state index is 10.3. The van der Waals surface area contributed by atoms with Crippen molar-refractivity contribution in [1.29, 1.82) is 0 Å². The number of H-pyrrole nitrogens is 1. The Morgan fingerprint density at radius 1 is 1.03 bits per heavy atom. The molecule has 1 aliphatic heterocycles. The summed E-state index contributed by atoms with van der Waals surface area (Å²) in [5, 5.41) is 11.6. The Labute approximate surface area is 197 Å². The number of phenolic OH excluding ortho intramolecular Hbond substituents is 1. The fourth-order valence-electron chi connectivity index (χ4n) is 6.14. The number of benzene rings is 3. The normalized spacial score (nSPS) is 23.1. The first-order valence-electron chi connectivity index (χ1n) is 11.5. The predicted molar refractivity (Wildman–Crippen MR) is 133 cm³/mol. The van der Waals surface area contributed by atoms with Crippen LogP contribution in [0.2, 0.25) is 0 Å². The van der Waals surface area contributed by atoms with Crippen LogP contribution in [0.15, 0.2) is 77.3 Å². The van der Waals surface area contributed by atoms with Crippen molar-refractivity contribution < 1.29 is 5.11 Å². The molecule has 1 unspecified atom stereocenters. The van der Waals surface area contributed by atoms with E-state index in [9.17, 15) is 5.11 Å². The number of nitrogens with one attached hydrogen (secondary N) is 1. The van der Waals surface area contributed by atoms with Crippen LogP contribution in [0.1, 0.15) is 28.8 Å². The predicted octanol–water partition coefficient (Wildman–Crippen LogP) is 6.19. The number of halogens is 1. The minimum atomic E-state index is 0.0526. The van der Waals surface area contributed by atoms with Crippen LogP contribution in [0, 0.1) is 5.92 Å². The van der Waals surface area contributed by atoms with Gasteiger partial charge in [0, 0.05) is 39.6 Å². The van der Waals surface area contributed by atoms with Gasteiger partial charge >= 0.3 is 0 Å². The molecular formula is C28H27BrN2O. The number of rotatable bonds is 3. The molecule has 0 radical (unpaired) electrons. The zero-order valence-corrected chi connectivity index (χ0v) is 19.6. The molecule has 2 atom stereocenters. The van der Waals surface area contributed by atoms with Gasteiger partial charge in [0.15, 0.2) is 0 Å². The molecule has 3 nitrogen and oxygen atoms in total. The van der Waals surface area contributed by atoms with Gasteiger partial charge in [-0.05, 0) is 78.7 Å². The molecule has 2 heterocycles. The average Bonchev–Trinajstić information content (AvgIpc) is 3.14. The smallest absolute Gasteiger partial charge is 0.115 e. The fourth-order valence-corrected chi connectivity index (χ4v) is 6.50. The van der Waals surface area contributed by atoms with Gasteiger partial charge in [0.2, 0.25) is 0 Å². The highest BCUT2D eigenvalue weighted by atomic mass is 79.9. The fraction of sp³-hybridized carbons (Fsp3) is 0.286. The molecule has 3 aromatic carbocycles. The molecular weight excluding hydrogens is 460 g/mol. The van der Waals surface area contributed by atoms with Gasteiger partial charge in [-0.15, -0.1) is 0 Å². The van der Waals surface area contributed by atoms with Crippen molar-refractivity contribution in [2.24, 2.45) is 5.92 Å². The van der Waals surface area contributed by atoms with E-state index >= 15 is 0 Å². The Balaban J connectivity index is 1.41. The third-order valence-electron chi connectivity index (χ3n) is 7.70. The van der Waals surface area contributed by atoms with Crippen LogP contribution in [0.5, 0.6) is 5.75 Å². The van der Waals surface area contributed by atoms with Crippen molar-refractivity contribution in [3.05, 3.63) is 99.7 Å². The maximum Gasteiger partial charge on any atom is 0.115 e. The molecule has 0 amide bonds. The monoisotopic (exact) mass is 486 g/mol. The van der Waals surface area contributed by atoms with Crippen LogP contribution in [0.3, 0.4) is 0 Å². The summed E-state index contributed by atoms with van der Waals surface area (Å²) in [6.45, 7) is 3.15. The highest BCUT2D eigenvalue weighted by Gasteiger charge is 2.48. The van der Waals surface area contributed by atoms with Gasteiger partial charge in [-0.2, -0.15) is 0 Å². The molecule has 1 aliphatic carbocycles. The van der Waals surface area contributed by atoms with Gasteiger partial charge in [-0.25, -0.2) is 0 Å². The summed E-state index contributed by atoms with van der Waals surface area (Å²) in [5.74, 6) is 0.876. The summed E-state index contributed by atoms with van der Waals surface area (Å²) in [6, 6.07) is 25.4. The van der Waals surface area contributed by atoms with E-state index in [0.29, 0.717) is 11.7 Å². The molecule has 0 bridgehead atoms. The van der Waals surface area contributed by atoms with E-state index in [2.05, 4.69) is 80.4 Å². The van der Waals surface area contributed by atoms with Gasteiger partial charge in [0.05, 0.1) is 0 Å². The first-order valence-corrected chi connectivity index (χ1v) is 12.2. The minimum Gasteiger partial charge on any atom is -0.508 e. The van der Waals surface area contributed by atoms with Crippen molar-refractivity contribution in [2.75, 3.05) is 13.1 Å². The Bertz CT molecular complexity index is 1280. The molecule has 0 spiro atoms. The SMILES string of the molecule is Oc1cccc([C@@]23CCN(Cc4ccccc4)CC2Cc2c([nH]c4ccc(Br)cc24)C3)c1. The molecule has 6 rings (SSSR count). The van der Waals surface area contributed by atoms with Gasteiger partial charge in [0.1, 0.15) is 5.75 Å². The van der Waals surface area contributed by atoms with E-state index in [-0.39, 0.29) is 5.41 Å². The van der Waals surface area contributed by atoms with Crippen molar-refractivity contribution in [1.82, 2.24) is 9.88 Å². The second-order valence-corrected chi connectivity index (χ2v) is 10.4. The summed E-state index contributed by atoms with van der Waals surface area (Å²) in [5.41, 5.74) is 6.79. The highest BCUT2D eigenvalue weighted by molar-refractivity contribution is 9.10. The number of nitrogens with zero attached hydrogens (tertiary/aromatic N) is 1.